The van der Waals surface area contributed by atoms with Crippen LogP contribution in [0.3, 0.4) is 0 Å². The second-order valence-electron chi connectivity index (χ2n) is 6.87. The van der Waals surface area contributed by atoms with Gasteiger partial charge < -0.3 is 10.1 Å². The number of halogens is 3. The molecule has 1 heterocycles. The summed E-state index contributed by atoms with van der Waals surface area (Å²) in [6, 6.07) is 12.6. The number of morpholine rings is 1. The molecule has 1 N–H and O–H groups in total. The molecule has 7 heteroatoms. The minimum absolute atomic E-state index is 0.115. The second kappa shape index (κ2) is 8.75. The van der Waals surface area contributed by atoms with E-state index < -0.39 is 11.7 Å². The van der Waals surface area contributed by atoms with Crippen LogP contribution in [0.2, 0.25) is 0 Å². The van der Waals surface area contributed by atoms with Crippen molar-refractivity contribution < 1.29 is 22.7 Å². The number of ether oxygens (including phenoxy) is 1. The van der Waals surface area contributed by atoms with Crippen LogP contribution in [0, 0.1) is 0 Å². The smallest absolute Gasteiger partial charge is 0.379 e. The number of benzene rings is 2. The van der Waals surface area contributed by atoms with Gasteiger partial charge >= 0.3 is 6.18 Å². The van der Waals surface area contributed by atoms with Crippen LogP contribution in [-0.2, 0) is 22.1 Å². The maximum Gasteiger partial charge on any atom is 0.416 e. The molecule has 150 valence electrons. The zero-order chi connectivity index (χ0) is 20.1. The lowest BCUT2D eigenvalue weighted by molar-refractivity contribution is -0.137. The van der Waals surface area contributed by atoms with Gasteiger partial charge in [-0.1, -0.05) is 30.3 Å². The molecule has 2 aromatic rings. The van der Waals surface area contributed by atoms with Crippen molar-refractivity contribution in [3.05, 3.63) is 65.2 Å². The van der Waals surface area contributed by atoms with E-state index in [9.17, 15) is 18.0 Å². The molecule has 1 atom stereocenters. The molecule has 0 saturated carbocycles. The summed E-state index contributed by atoms with van der Waals surface area (Å²) in [6.45, 7) is 5.36. The minimum Gasteiger partial charge on any atom is -0.379 e. The third-order valence-corrected chi connectivity index (χ3v) is 4.89. The average Bonchev–Trinajstić information content (AvgIpc) is 2.68. The quantitative estimate of drug-likeness (QED) is 0.826. The van der Waals surface area contributed by atoms with Gasteiger partial charge in [-0.25, -0.2) is 0 Å². The summed E-state index contributed by atoms with van der Waals surface area (Å²) >= 11 is 0. The van der Waals surface area contributed by atoms with Crippen LogP contribution in [0.15, 0.2) is 48.5 Å². The number of nitrogens with zero attached hydrogens (tertiary/aromatic N) is 1. The Labute approximate surface area is 162 Å². The molecule has 1 saturated heterocycles. The van der Waals surface area contributed by atoms with E-state index >= 15 is 0 Å². The van der Waals surface area contributed by atoms with E-state index in [0.717, 1.165) is 44.0 Å². The van der Waals surface area contributed by atoms with E-state index in [1.165, 1.54) is 12.1 Å². The van der Waals surface area contributed by atoms with Gasteiger partial charge in [0, 0.05) is 24.8 Å². The van der Waals surface area contributed by atoms with E-state index in [2.05, 4.69) is 17.1 Å². The molecule has 0 bridgehead atoms. The predicted molar refractivity (Wildman–Crippen MR) is 101 cm³/mol. The largest absolute Gasteiger partial charge is 0.416 e. The van der Waals surface area contributed by atoms with Crippen molar-refractivity contribution in [2.75, 3.05) is 31.6 Å². The van der Waals surface area contributed by atoms with Crippen molar-refractivity contribution in [1.29, 1.82) is 0 Å². The first-order chi connectivity index (χ1) is 13.3. The molecular weight excluding hydrogens is 369 g/mol. The summed E-state index contributed by atoms with van der Waals surface area (Å²) in [4.78, 5) is 14.5. The molecule has 4 nitrogen and oxygen atoms in total. The van der Waals surface area contributed by atoms with Gasteiger partial charge in [0.25, 0.3) is 0 Å². The maximum atomic E-state index is 12.8. The van der Waals surface area contributed by atoms with Gasteiger partial charge in [-0.2, -0.15) is 13.2 Å². The first-order valence-electron chi connectivity index (χ1n) is 9.20. The SMILES string of the molecule is CC(c1ccc(NC(=O)Cc2cccc(C(F)(F)F)c2)cc1)N1CCOCC1. The first-order valence-corrected chi connectivity index (χ1v) is 9.20. The van der Waals surface area contributed by atoms with Gasteiger partial charge in [0.05, 0.1) is 25.2 Å². The molecule has 2 aromatic carbocycles. The van der Waals surface area contributed by atoms with Crippen LogP contribution < -0.4 is 5.32 Å². The van der Waals surface area contributed by atoms with Crippen molar-refractivity contribution in [2.45, 2.75) is 25.6 Å². The van der Waals surface area contributed by atoms with Gasteiger partial charge in [-0.3, -0.25) is 9.69 Å². The van der Waals surface area contributed by atoms with Crippen LogP contribution in [0.1, 0.15) is 29.7 Å². The number of carbonyl (C=O) groups excluding carboxylic acids is 1. The molecule has 3 rings (SSSR count). The average molecular weight is 392 g/mol. The molecule has 0 aliphatic carbocycles. The normalized spacial score (nSPS) is 16.6. The van der Waals surface area contributed by atoms with Gasteiger partial charge in [-0.05, 0) is 36.2 Å². The van der Waals surface area contributed by atoms with Crippen LogP contribution >= 0.6 is 0 Å². The molecule has 1 fully saturated rings. The molecular formula is C21H23F3N2O2. The number of hydrogen-bond acceptors (Lipinski definition) is 3. The van der Waals surface area contributed by atoms with E-state index in [4.69, 9.17) is 4.74 Å². The third-order valence-electron chi connectivity index (χ3n) is 4.89. The molecule has 1 unspecified atom stereocenters. The number of alkyl halides is 3. The Kier molecular flexibility index (Phi) is 6.36. The van der Waals surface area contributed by atoms with Gasteiger partial charge in [0.2, 0.25) is 5.91 Å². The summed E-state index contributed by atoms with van der Waals surface area (Å²) in [5.41, 5.74) is 1.33. The Morgan fingerprint density at radius 1 is 1.14 bits per heavy atom. The summed E-state index contributed by atoms with van der Waals surface area (Å²) in [7, 11) is 0. The highest BCUT2D eigenvalue weighted by Gasteiger charge is 2.30. The van der Waals surface area contributed by atoms with Gasteiger partial charge in [0.1, 0.15) is 0 Å². The topological polar surface area (TPSA) is 41.6 Å². The summed E-state index contributed by atoms with van der Waals surface area (Å²) < 4.78 is 43.7. The molecule has 0 radical (unpaired) electrons. The Morgan fingerprint density at radius 3 is 2.46 bits per heavy atom. The van der Waals surface area contributed by atoms with E-state index in [-0.39, 0.29) is 18.4 Å². The zero-order valence-electron chi connectivity index (χ0n) is 15.6. The lowest BCUT2D eigenvalue weighted by Gasteiger charge is -2.32. The van der Waals surface area contributed by atoms with Crippen molar-refractivity contribution in [1.82, 2.24) is 4.90 Å². The monoisotopic (exact) mass is 392 g/mol. The van der Waals surface area contributed by atoms with Gasteiger partial charge in [-0.15, -0.1) is 0 Å². The molecule has 1 aliphatic rings. The molecule has 0 aromatic heterocycles. The standard InChI is InChI=1S/C21H23F3N2O2/c1-15(26-9-11-28-12-10-26)17-5-7-19(8-6-17)25-20(27)14-16-3-2-4-18(13-16)21(22,23)24/h2-8,13,15H,9-12,14H2,1H3,(H,25,27). The van der Waals surface area contributed by atoms with Gasteiger partial charge in [0.15, 0.2) is 0 Å². The molecule has 1 aliphatic heterocycles. The lowest BCUT2D eigenvalue weighted by atomic mass is 10.1. The number of hydrogen-bond donors (Lipinski definition) is 1. The number of anilines is 1. The van der Waals surface area contributed by atoms with Crippen molar-refractivity contribution in [3.63, 3.8) is 0 Å². The Hall–Kier alpha value is -2.38. The van der Waals surface area contributed by atoms with Crippen LogP contribution in [0.25, 0.3) is 0 Å². The van der Waals surface area contributed by atoms with Crippen molar-refractivity contribution in [2.24, 2.45) is 0 Å². The lowest BCUT2D eigenvalue weighted by Crippen LogP contribution is -2.37. The zero-order valence-corrected chi connectivity index (χ0v) is 15.6. The fraction of sp³-hybridized carbons (Fsp3) is 0.381. The summed E-state index contributed by atoms with van der Waals surface area (Å²) in [5, 5.41) is 2.74. The number of amides is 1. The Balaban J connectivity index is 1.58. The maximum absolute atomic E-state index is 12.8. The Bertz CT molecular complexity index is 800. The number of rotatable bonds is 5. The fourth-order valence-corrected chi connectivity index (χ4v) is 3.27. The van der Waals surface area contributed by atoms with Crippen LogP contribution in [0.5, 0.6) is 0 Å². The van der Waals surface area contributed by atoms with Crippen LogP contribution in [0.4, 0.5) is 18.9 Å². The molecule has 28 heavy (non-hydrogen) atoms. The van der Waals surface area contributed by atoms with E-state index in [0.29, 0.717) is 11.3 Å². The highest BCUT2D eigenvalue weighted by atomic mass is 19.4. The predicted octanol–water partition coefficient (Wildman–Crippen LogP) is 4.28. The third kappa shape index (κ3) is 5.33. The second-order valence-corrected chi connectivity index (χ2v) is 6.87. The number of carbonyl (C=O) groups is 1. The van der Waals surface area contributed by atoms with E-state index in [1.54, 1.807) is 0 Å². The molecule has 1 amide bonds. The van der Waals surface area contributed by atoms with Crippen molar-refractivity contribution >= 4 is 11.6 Å². The van der Waals surface area contributed by atoms with Crippen LogP contribution in [-0.4, -0.2) is 37.1 Å². The minimum atomic E-state index is -4.42. The fourth-order valence-electron chi connectivity index (χ4n) is 3.27. The molecule has 0 spiro atoms. The van der Waals surface area contributed by atoms with Crippen molar-refractivity contribution in [3.8, 4) is 0 Å². The highest BCUT2D eigenvalue weighted by molar-refractivity contribution is 5.92. The summed E-state index contributed by atoms with van der Waals surface area (Å²) in [6.07, 6.45) is -4.53. The summed E-state index contributed by atoms with van der Waals surface area (Å²) in [5.74, 6) is -0.353. The number of nitrogens with one attached hydrogen (secondary N) is 1. The Morgan fingerprint density at radius 2 is 1.82 bits per heavy atom. The first kappa shape index (κ1) is 20.4. The highest BCUT2D eigenvalue weighted by Crippen LogP contribution is 2.29. The van der Waals surface area contributed by atoms with E-state index in [1.807, 2.05) is 24.3 Å².